The molecule has 1 N–H and O–H groups in total. The van der Waals surface area contributed by atoms with E-state index in [1.807, 2.05) is 12.1 Å². The second-order valence-corrected chi connectivity index (χ2v) is 7.11. The van der Waals surface area contributed by atoms with E-state index in [9.17, 15) is 9.18 Å². The van der Waals surface area contributed by atoms with E-state index in [-0.39, 0.29) is 17.9 Å². The van der Waals surface area contributed by atoms with Crippen molar-refractivity contribution in [3.8, 4) is 11.3 Å². The maximum Gasteiger partial charge on any atom is 0.329 e. The lowest BCUT2D eigenvalue weighted by molar-refractivity contribution is 0.254. The minimum absolute atomic E-state index is 0.00907. The molecule has 0 saturated carbocycles. The highest BCUT2D eigenvalue weighted by molar-refractivity contribution is 6.04. The third-order valence-electron chi connectivity index (χ3n) is 5.29. The minimum Gasteiger partial charge on any atom is -0.366 e. The first-order chi connectivity index (χ1) is 14.1. The van der Waals surface area contributed by atoms with Crippen LogP contribution in [0.1, 0.15) is 12.1 Å². The highest BCUT2D eigenvalue weighted by Gasteiger charge is 2.40. The van der Waals surface area contributed by atoms with Crippen molar-refractivity contribution in [2.75, 3.05) is 28.2 Å². The molecule has 9 heteroatoms. The van der Waals surface area contributed by atoms with Gasteiger partial charge >= 0.3 is 6.03 Å². The van der Waals surface area contributed by atoms with Gasteiger partial charge in [0.05, 0.1) is 29.3 Å². The SMILES string of the molecule is Cc1ncc(-c2ccc3c(n2)N(C(=O)Nc2cnccn2)[C@H]2CCN3C2)cc1F. The van der Waals surface area contributed by atoms with Crippen molar-refractivity contribution >= 4 is 23.4 Å². The molecule has 3 aromatic heterocycles. The number of halogens is 1. The molecule has 5 heterocycles. The summed E-state index contributed by atoms with van der Waals surface area (Å²) in [6.45, 7) is 3.22. The normalized spacial score (nSPS) is 17.2. The van der Waals surface area contributed by atoms with Crippen LogP contribution in [0.15, 0.2) is 43.0 Å². The number of aryl methyl sites for hydroxylation is 1. The molecule has 146 valence electrons. The van der Waals surface area contributed by atoms with Crippen molar-refractivity contribution in [3.05, 3.63) is 54.5 Å². The standard InChI is InChI=1S/C20H18FN7O/c1-12-15(21)8-13(9-24-12)16-2-3-17-19(25-16)28(14-4-7-27(17)11-14)20(29)26-18-10-22-5-6-23-18/h2-3,5-6,8-10,14H,4,7,11H2,1H3,(H,23,26,29)/t14-/m0/s1. The Morgan fingerprint density at radius 3 is 2.93 bits per heavy atom. The lowest BCUT2D eigenvalue weighted by atomic mass is 10.1. The first-order valence-corrected chi connectivity index (χ1v) is 9.35. The number of amides is 2. The lowest BCUT2D eigenvalue weighted by Gasteiger charge is -2.35. The molecule has 1 fully saturated rings. The number of anilines is 3. The number of nitrogens with zero attached hydrogens (tertiary/aromatic N) is 6. The maximum atomic E-state index is 14.0. The Kier molecular flexibility index (Phi) is 4.08. The van der Waals surface area contributed by atoms with Crippen LogP contribution >= 0.6 is 0 Å². The maximum absolute atomic E-state index is 14.0. The highest BCUT2D eigenvalue weighted by atomic mass is 19.1. The largest absolute Gasteiger partial charge is 0.366 e. The summed E-state index contributed by atoms with van der Waals surface area (Å²) in [5.41, 5.74) is 2.35. The Morgan fingerprint density at radius 2 is 2.14 bits per heavy atom. The molecule has 5 rings (SSSR count). The van der Waals surface area contributed by atoms with E-state index >= 15 is 0 Å². The fraction of sp³-hybridized carbons (Fsp3) is 0.250. The van der Waals surface area contributed by atoms with Crippen LogP contribution in [0, 0.1) is 12.7 Å². The molecule has 0 unspecified atom stereocenters. The van der Waals surface area contributed by atoms with Crippen molar-refractivity contribution in [1.29, 1.82) is 0 Å². The van der Waals surface area contributed by atoms with Crippen molar-refractivity contribution in [2.45, 2.75) is 19.4 Å². The van der Waals surface area contributed by atoms with Crippen LogP contribution in [-0.4, -0.2) is 45.1 Å². The second-order valence-electron chi connectivity index (χ2n) is 7.11. The smallest absolute Gasteiger partial charge is 0.329 e. The van der Waals surface area contributed by atoms with Gasteiger partial charge in [-0.3, -0.25) is 20.2 Å². The van der Waals surface area contributed by atoms with Gasteiger partial charge in [0.1, 0.15) is 5.82 Å². The van der Waals surface area contributed by atoms with Gasteiger partial charge in [-0.2, -0.15) is 0 Å². The number of hydrogen-bond acceptors (Lipinski definition) is 6. The Bertz CT molecular complexity index is 1090. The van der Waals surface area contributed by atoms with Gasteiger partial charge in [-0.25, -0.2) is 19.2 Å². The molecule has 2 bridgehead atoms. The fourth-order valence-corrected chi connectivity index (χ4v) is 3.81. The summed E-state index contributed by atoms with van der Waals surface area (Å²) >= 11 is 0. The number of carbonyl (C=O) groups is 1. The Balaban J connectivity index is 1.54. The number of nitrogens with one attached hydrogen (secondary N) is 1. The third kappa shape index (κ3) is 3.04. The van der Waals surface area contributed by atoms with Gasteiger partial charge in [0, 0.05) is 37.2 Å². The average molecular weight is 391 g/mol. The quantitative estimate of drug-likeness (QED) is 0.723. The molecule has 2 amide bonds. The zero-order valence-electron chi connectivity index (χ0n) is 15.7. The van der Waals surface area contributed by atoms with Crippen LogP contribution in [-0.2, 0) is 0 Å². The highest BCUT2D eigenvalue weighted by Crippen LogP contribution is 2.40. The first-order valence-electron chi connectivity index (χ1n) is 9.35. The number of urea groups is 1. The van der Waals surface area contributed by atoms with E-state index < -0.39 is 0 Å². The van der Waals surface area contributed by atoms with Gasteiger partial charge in [-0.05, 0) is 31.5 Å². The number of rotatable bonds is 2. The van der Waals surface area contributed by atoms with Crippen LogP contribution in [0.25, 0.3) is 11.3 Å². The minimum atomic E-state index is -0.386. The Hall–Kier alpha value is -3.62. The second kappa shape index (κ2) is 6.77. The van der Waals surface area contributed by atoms with Crippen molar-refractivity contribution in [3.63, 3.8) is 0 Å². The zero-order chi connectivity index (χ0) is 20.0. The molecule has 2 aliphatic heterocycles. The van der Waals surface area contributed by atoms with Gasteiger partial charge < -0.3 is 4.90 Å². The van der Waals surface area contributed by atoms with Crippen LogP contribution < -0.4 is 15.1 Å². The van der Waals surface area contributed by atoms with E-state index in [0.29, 0.717) is 28.6 Å². The monoisotopic (exact) mass is 391 g/mol. The predicted octanol–water partition coefficient (Wildman–Crippen LogP) is 3.01. The Labute approximate surface area is 166 Å². The first kappa shape index (κ1) is 17.5. The number of fused-ring (bicyclic) bond motifs is 4. The van der Waals surface area contributed by atoms with E-state index in [4.69, 9.17) is 4.98 Å². The lowest BCUT2D eigenvalue weighted by Crippen LogP contribution is -2.48. The molecule has 1 saturated heterocycles. The summed E-state index contributed by atoms with van der Waals surface area (Å²) in [6.07, 6.45) is 7.00. The van der Waals surface area contributed by atoms with Gasteiger partial charge in [0.2, 0.25) is 0 Å². The number of carbonyl (C=O) groups excluding carboxylic acids is 1. The van der Waals surface area contributed by atoms with Gasteiger partial charge in [-0.15, -0.1) is 0 Å². The Morgan fingerprint density at radius 1 is 1.24 bits per heavy atom. The molecular formula is C20H18FN7O. The number of hydrogen-bond donors (Lipinski definition) is 1. The summed E-state index contributed by atoms with van der Waals surface area (Å²) in [6, 6.07) is 4.88. The topological polar surface area (TPSA) is 87.1 Å². The van der Waals surface area contributed by atoms with Crippen LogP contribution in [0.5, 0.6) is 0 Å². The summed E-state index contributed by atoms with van der Waals surface area (Å²) < 4.78 is 14.0. The predicted molar refractivity (Wildman–Crippen MR) is 106 cm³/mol. The molecule has 8 nitrogen and oxygen atoms in total. The van der Waals surface area contributed by atoms with Crippen molar-refractivity contribution < 1.29 is 9.18 Å². The summed E-state index contributed by atoms with van der Waals surface area (Å²) in [4.78, 5) is 33.9. The molecule has 29 heavy (non-hydrogen) atoms. The van der Waals surface area contributed by atoms with Crippen molar-refractivity contribution in [1.82, 2.24) is 19.9 Å². The van der Waals surface area contributed by atoms with Gasteiger partial charge in [0.25, 0.3) is 0 Å². The molecular weight excluding hydrogens is 373 g/mol. The van der Waals surface area contributed by atoms with Gasteiger partial charge in [0.15, 0.2) is 11.6 Å². The summed E-state index contributed by atoms with van der Waals surface area (Å²) in [7, 11) is 0. The van der Waals surface area contributed by atoms with E-state index in [0.717, 1.165) is 25.2 Å². The zero-order valence-corrected chi connectivity index (χ0v) is 15.7. The van der Waals surface area contributed by atoms with Crippen LogP contribution in [0.2, 0.25) is 0 Å². The molecule has 0 aromatic carbocycles. The molecule has 0 aliphatic carbocycles. The average Bonchev–Trinajstić information content (AvgIpc) is 3.15. The van der Waals surface area contributed by atoms with Crippen LogP contribution in [0.3, 0.4) is 0 Å². The summed E-state index contributed by atoms with van der Waals surface area (Å²) in [5, 5.41) is 2.79. The number of aromatic nitrogens is 4. The van der Waals surface area contributed by atoms with Crippen molar-refractivity contribution in [2.24, 2.45) is 0 Å². The van der Waals surface area contributed by atoms with E-state index in [2.05, 4.69) is 25.2 Å². The third-order valence-corrected chi connectivity index (χ3v) is 5.29. The van der Waals surface area contributed by atoms with E-state index in [1.54, 1.807) is 24.2 Å². The summed E-state index contributed by atoms with van der Waals surface area (Å²) in [5.74, 6) is 0.544. The van der Waals surface area contributed by atoms with Crippen LogP contribution in [0.4, 0.5) is 26.5 Å². The molecule has 0 radical (unpaired) electrons. The molecule has 3 aromatic rings. The molecule has 2 aliphatic rings. The number of pyridine rings is 2. The molecule has 0 spiro atoms. The fourth-order valence-electron chi connectivity index (χ4n) is 3.81. The molecule has 1 atom stereocenters. The van der Waals surface area contributed by atoms with Gasteiger partial charge in [-0.1, -0.05) is 0 Å². The van der Waals surface area contributed by atoms with E-state index in [1.165, 1.54) is 18.5 Å².